The zero-order chi connectivity index (χ0) is 8.72. The first-order valence-electron chi connectivity index (χ1n) is 3.61. The van der Waals surface area contributed by atoms with Crippen LogP contribution in [0.25, 0.3) is 0 Å². The molecule has 0 amide bonds. The first-order chi connectivity index (χ1) is 5.66. The van der Waals surface area contributed by atoms with Gasteiger partial charge in [0, 0.05) is 16.9 Å². The molecular formula is C8H7IOS2. The van der Waals surface area contributed by atoms with Gasteiger partial charge in [-0.2, -0.15) is 0 Å². The molecule has 0 N–H and O–H groups in total. The van der Waals surface area contributed by atoms with Gasteiger partial charge in [0.25, 0.3) is 0 Å². The Hall–Kier alpha value is 0.450. The normalized spacial score (nSPS) is 22.5. The summed E-state index contributed by atoms with van der Waals surface area (Å²) in [5, 5.41) is 0. The summed E-state index contributed by atoms with van der Waals surface area (Å²) < 4.78 is 1.64. The number of aryl methyl sites for hydroxylation is 1. The molecule has 64 valence electrons. The van der Waals surface area contributed by atoms with E-state index in [0.717, 1.165) is 5.56 Å². The van der Waals surface area contributed by atoms with E-state index in [9.17, 15) is 4.79 Å². The van der Waals surface area contributed by atoms with Crippen LogP contribution < -0.4 is 0 Å². The highest BCUT2D eigenvalue weighted by Gasteiger charge is 2.25. The molecule has 4 heteroatoms. The predicted octanol–water partition coefficient (Wildman–Crippen LogP) is 3.50. The lowest BCUT2D eigenvalue weighted by molar-refractivity contribution is 0.0984. The Morgan fingerprint density at radius 3 is 3.17 bits per heavy atom. The Morgan fingerprint density at radius 1 is 1.67 bits per heavy atom. The number of ketones is 1. The maximum Gasteiger partial charge on any atom is 0.166 e. The zero-order valence-electron chi connectivity index (χ0n) is 6.46. The molecule has 0 aromatic carbocycles. The Morgan fingerprint density at radius 2 is 2.42 bits per heavy atom. The van der Waals surface area contributed by atoms with Crippen molar-refractivity contribution in [1.29, 1.82) is 0 Å². The second-order valence-electron chi connectivity index (χ2n) is 2.71. The van der Waals surface area contributed by atoms with Crippen molar-refractivity contribution in [3.63, 3.8) is 0 Å². The van der Waals surface area contributed by atoms with Gasteiger partial charge < -0.3 is 0 Å². The fourth-order valence-corrected chi connectivity index (χ4v) is 5.32. The van der Waals surface area contributed by atoms with Crippen LogP contribution in [0.15, 0.2) is 10.3 Å². The molecule has 2 rings (SSSR count). The van der Waals surface area contributed by atoms with Gasteiger partial charge in [0.15, 0.2) is 5.78 Å². The Kier molecular flexibility index (Phi) is 2.49. The SMILES string of the molecule is Cc1cc2c(s1)SC(I)CC2=O. The highest BCUT2D eigenvalue weighted by molar-refractivity contribution is 14.1. The number of carbonyl (C=O) groups is 1. The number of thioether (sulfide) groups is 1. The van der Waals surface area contributed by atoms with E-state index in [1.54, 1.807) is 11.3 Å². The van der Waals surface area contributed by atoms with Crippen molar-refractivity contribution in [2.45, 2.75) is 20.8 Å². The number of fused-ring (bicyclic) bond motifs is 1. The number of hydrogen-bond donors (Lipinski definition) is 0. The van der Waals surface area contributed by atoms with E-state index < -0.39 is 0 Å². The van der Waals surface area contributed by atoms with E-state index in [1.165, 1.54) is 9.09 Å². The van der Waals surface area contributed by atoms with Crippen LogP contribution in [0.1, 0.15) is 21.7 Å². The Balaban J connectivity index is 2.46. The highest BCUT2D eigenvalue weighted by Crippen LogP contribution is 2.42. The third-order valence-corrected chi connectivity index (χ3v) is 5.15. The second kappa shape index (κ2) is 3.31. The van der Waals surface area contributed by atoms with Crippen LogP contribution in [0.5, 0.6) is 0 Å². The van der Waals surface area contributed by atoms with Crippen molar-refractivity contribution < 1.29 is 4.79 Å². The number of thiophene rings is 1. The molecule has 0 aliphatic carbocycles. The van der Waals surface area contributed by atoms with Crippen LogP contribution in [-0.2, 0) is 0 Å². The third kappa shape index (κ3) is 1.56. The number of Topliss-reactive ketones (excluding diaryl/α,β-unsaturated/α-hetero) is 1. The van der Waals surface area contributed by atoms with Crippen molar-refractivity contribution in [3.8, 4) is 0 Å². The van der Waals surface area contributed by atoms with Gasteiger partial charge in [0.2, 0.25) is 0 Å². The molecule has 0 spiro atoms. The average Bonchev–Trinajstić information content (AvgIpc) is 2.29. The summed E-state index contributed by atoms with van der Waals surface area (Å²) in [6, 6.07) is 2.01. The maximum atomic E-state index is 11.5. The minimum atomic E-state index is 0.313. The summed E-state index contributed by atoms with van der Waals surface area (Å²) in [4.78, 5) is 12.7. The van der Waals surface area contributed by atoms with Crippen molar-refractivity contribution in [3.05, 3.63) is 16.5 Å². The van der Waals surface area contributed by atoms with Crippen LogP contribution >= 0.6 is 45.7 Å². The van der Waals surface area contributed by atoms with E-state index in [0.29, 0.717) is 15.5 Å². The van der Waals surface area contributed by atoms with Gasteiger partial charge in [0.1, 0.15) is 0 Å². The van der Waals surface area contributed by atoms with Gasteiger partial charge in [-0.25, -0.2) is 0 Å². The predicted molar refractivity (Wildman–Crippen MR) is 61.7 cm³/mol. The summed E-state index contributed by atoms with van der Waals surface area (Å²) in [6.45, 7) is 2.05. The summed E-state index contributed by atoms with van der Waals surface area (Å²) in [5.41, 5.74) is 0.954. The molecule has 1 aromatic heterocycles. The molecule has 1 aliphatic heterocycles. The molecule has 0 saturated heterocycles. The maximum absolute atomic E-state index is 11.5. The average molecular weight is 310 g/mol. The molecule has 1 unspecified atom stereocenters. The van der Waals surface area contributed by atoms with Crippen LogP contribution in [0, 0.1) is 6.92 Å². The van der Waals surface area contributed by atoms with Gasteiger partial charge in [-0.3, -0.25) is 4.79 Å². The van der Waals surface area contributed by atoms with E-state index >= 15 is 0 Å². The largest absolute Gasteiger partial charge is 0.294 e. The van der Waals surface area contributed by atoms with Crippen molar-refractivity contribution in [2.75, 3.05) is 0 Å². The molecule has 1 aromatic rings. The summed E-state index contributed by atoms with van der Waals surface area (Å²) in [6.07, 6.45) is 0.689. The first-order valence-corrected chi connectivity index (χ1v) is 6.55. The number of alkyl halides is 1. The minimum Gasteiger partial charge on any atom is -0.294 e. The Bertz CT molecular complexity index is 332. The van der Waals surface area contributed by atoms with E-state index in [-0.39, 0.29) is 0 Å². The number of carbonyl (C=O) groups excluding carboxylic acids is 1. The molecule has 0 bridgehead atoms. The molecule has 1 nitrogen and oxygen atoms in total. The van der Waals surface area contributed by atoms with Crippen LogP contribution in [0.4, 0.5) is 0 Å². The summed E-state index contributed by atoms with van der Waals surface area (Å²) in [7, 11) is 0. The number of hydrogen-bond acceptors (Lipinski definition) is 3. The molecule has 12 heavy (non-hydrogen) atoms. The van der Waals surface area contributed by atoms with Crippen molar-refractivity contribution in [1.82, 2.24) is 0 Å². The first kappa shape index (κ1) is 9.02. The van der Waals surface area contributed by atoms with Gasteiger partial charge in [0.05, 0.1) is 7.47 Å². The quantitative estimate of drug-likeness (QED) is 0.539. The Labute approximate surface area is 93.1 Å². The van der Waals surface area contributed by atoms with Crippen LogP contribution in [0.2, 0.25) is 0 Å². The lowest BCUT2D eigenvalue weighted by Gasteiger charge is -2.13. The van der Waals surface area contributed by atoms with E-state index in [2.05, 4.69) is 29.5 Å². The summed E-state index contributed by atoms with van der Waals surface area (Å²) >= 11 is 5.88. The monoisotopic (exact) mass is 310 g/mol. The fourth-order valence-electron chi connectivity index (χ4n) is 1.19. The molecule has 0 saturated carbocycles. The standard InChI is InChI=1S/C8H7IOS2/c1-4-2-5-6(10)3-7(9)12-8(5)11-4/h2,7H,3H2,1H3. The van der Waals surface area contributed by atoms with Crippen LogP contribution in [-0.4, -0.2) is 9.04 Å². The van der Waals surface area contributed by atoms with Gasteiger partial charge in [-0.15, -0.1) is 23.1 Å². The van der Waals surface area contributed by atoms with E-state index in [4.69, 9.17) is 0 Å². The lowest BCUT2D eigenvalue weighted by Crippen LogP contribution is -2.09. The smallest absolute Gasteiger partial charge is 0.166 e. The molecular weight excluding hydrogens is 303 g/mol. The van der Waals surface area contributed by atoms with Gasteiger partial charge in [-0.1, -0.05) is 22.6 Å². The topological polar surface area (TPSA) is 17.1 Å². The molecule has 1 aliphatic rings. The van der Waals surface area contributed by atoms with Gasteiger partial charge in [-0.05, 0) is 13.0 Å². The fraction of sp³-hybridized carbons (Fsp3) is 0.375. The molecule has 1 atom stereocenters. The molecule has 0 fully saturated rings. The molecule has 2 heterocycles. The lowest BCUT2D eigenvalue weighted by atomic mass is 10.1. The van der Waals surface area contributed by atoms with Crippen molar-refractivity contribution >= 4 is 51.5 Å². The summed E-state index contributed by atoms with van der Waals surface area (Å²) in [5.74, 6) is 0.313. The van der Waals surface area contributed by atoms with Crippen molar-refractivity contribution in [2.24, 2.45) is 0 Å². The minimum absolute atomic E-state index is 0.313. The third-order valence-electron chi connectivity index (χ3n) is 1.70. The zero-order valence-corrected chi connectivity index (χ0v) is 10.3. The van der Waals surface area contributed by atoms with Crippen LogP contribution in [0.3, 0.4) is 0 Å². The second-order valence-corrected chi connectivity index (χ2v) is 7.79. The number of rotatable bonds is 0. The van der Waals surface area contributed by atoms with E-state index in [1.807, 2.05) is 17.8 Å². The van der Waals surface area contributed by atoms with Gasteiger partial charge >= 0.3 is 0 Å². The highest BCUT2D eigenvalue weighted by atomic mass is 127. The number of halogens is 1. The molecule has 0 radical (unpaired) electrons.